The maximum Gasteiger partial charge on any atom is 0.377 e. The molecule has 3 rings (SSSR count). The van der Waals surface area contributed by atoms with E-state index < -0.39 is 5.97 Å². The molecule has 0 atom stereocenters. The number of carbonyl (C=O) groups excluding carboxylic acids is 1. The summed E-state index contributed by atoms with van der Waals surface area (Å²) in [5, 5.41) is 4.26. The summed E-state index contributed by atoms with van der Waals surface area (Å²) in [6, 6.07) is 14.4. The highest BCUT2D eigenvalue weighted by atomic mass is 35.5. The number of pyridine rings is 1. The lowest BCUT2D eigenvalue weighted by Gasteiger charge is -2.01. The largest absolute Gasteiger partial charge is 0.455 e. The zero-order valence-electron chi connectivity index (χ0n) is 11.4. The molecule has 0 N–H and O–H groups in total. The Morgan fingerprint density at radius 1 is 1.18 bits per heavy atom. The number of nitrogens with zero attached hydrogens (tertiary/aromatic N) is 2. The molecule has 0 bridgehead atoms. The molecule has 0 aliphatic heterocycles. The molecule has 22 heavy (non-hydrogen) atoms. The van der Waals surface area contributed by atoms with E-state index in [9.17, 15) is 4.79 Å². The topological polar surface area (TPSA) is 65.2 Å². The third kappa shape index (κ3) is 3.32. The number of esters is 1. The molecular formula is C16H11ClN2O3. The van der Waals surface area contributed by atoms with Crippen molar-refractivity contribution in [3.05, 3.63) is 71.2 Å². The minimum Gasteiger partial charge on any atom is -0.455 e. The molecule has 3 aromatic rings. The molecule has 0 aliphatic carbocycles. The van der Waals surface area contributed by atoms with Crippen molar-refractivity contribution in [3.8, 4) is 11.3 Å². The first-order chi connectivity index (χ1) is 10.7. The van der Waals surface area contributed by atoms with Crippen LogP contribution < -0.4 is 0 Å². The molecule has 6 heteroatoms. The zero-order valence-corrected chi connectivity index (χ0v) is 12.2. The number of benzene rings is 1. The minimum absolute atomic E-state index is 0.0563. The second kappa shape index (κ2) is 6.41. The summed E-state index contributed by atoms with van der Waals surface area (Å²) in [6.45, 7) is 0.0877. The van der Waals surface area contributed by atoms with Gasteiger partial charge in [0.15, 0.2) is 0 Å². The van der Waals surface area contributed by atoms with Gasteiger partial charge in [0.05, 0.1) is 0 Å². The van der Waals surface area contributed by atoms with Gasteiger partial charge in [0.1, 0.15) is 17.5 Å². The van der Waals surface area contributed by atoms with E-state index >= 15 is 0 Å². The highest BCUT2D eigenvalue weighted by Crippen LogP contribution is 2.19. The van der Waals surface area contributed by atoms with Crippen LogP contribution in [0.5, 0.6) is 0 Å². The summed E-state index contributed by atoms with van der Waals surface area (Å²) >= 11 is 5.69. The van der Waals surface area contributed by atoms with Crippen molar-refractivity contribution in [2.45, 2.75) is 6.61 Å². The van der Waals surface area contributed by atoms with Gasteiger partial charge in [0.2, 0.25) is 5.76 Å². The normalized spacial score (nSPS) is 10.4. The van der Waals surface area contributed by atoms with Crippen LogP contribution in [-0.4, -0.2) is 16.1 Å². The van der Waals surface area contributed by atoms with E-state index in [0.717, 1.165) is 11.1 Å². The molecule has 2 aromatic heterocycles. The van der Waals surface area contributed by atoms with Gasteiger partial charge in [-0.3, -0.25) is 0 Å². The van der Waals surface area contributed by atoms with Crippen LogP contribution in [0.1, 0.15) is 16.1 Å². The Morgan fingerprint density at radius 3 is 2.73 bits per heavy atom. The van der Waals surface area contributed by atoms with Crippen LogP contribution in [0.3, 0.4) is 0 Å². The summed E-state index contributed by atoms with van der Waals surface area (Å²) in [4.78, 5) is 15.8. The van der Waals surface area contributed by atoms with Crippen LogP contribution in [0, 0.1) is 0 Å². The smallest absolute Gasteiger partial charge is 0.377 e. The molecule has 0 spiro atoms. The molecule has 0 unspecified atom stereocenters. The van der Waals surface area contributed by atoms with Crippen molar-refractivity contribution >= 4 is 17.6 Å². The van der Waals surface area contributed by atoms with E-state index in [-0.39, 0.29) is 12.4 Å². The Labute approximate surface area is 131 Å². The van der Waals surface area contributed by atoms with E-state index in [1.54, 1.807) is 24.4 Å². The van der Waals surface area contributed by atoms with Crippen LogP contribution >= 0.6 is 11.6 Å². The second-order valence-electron chi connectivity index (χ2n) is 4.51. The zero-order chi connectivity index (χ0) is 15.4. The van der Waals surface area contributed by atoms with E-state index in [1.165, 1.54) is 0 Å². The van der Waals surface area contributed by atoms with Crippen molar-refractivity contribution in [1.82, 2.24) is 10.1 Å². The number of rotatable bonds is 4. The summed E-state index contributed by atoms with van der Waals surface area (Å²) in [5.74, 6) is -0.523. The van der Waals surface area contributed by atoms with Crippen LogP contribution in [0.15, 0.2) is 59.3 Å². The van der Waals surface area contributed by atoms with E-state index in [2.05, 4.69) is 10.1 Å². The van der Waals surface area contributed by atoms with Crippen molar-refractivity contribution < 1.29 is 14.1 Å². The lowest BCUT2D eigenvalue weighted by atomic mass is 10.1. The SMILES string of the molecule is O=C(OCc1ccc(Cl)nc1)c1cc(-c2ccccc2)no1. The molecule has 0 amide bonds. The molecule has 0 fully saturated rings. The number of hydrogen-bond donors (Lipinski definition) is 0. The molecule has 0 radical (unpaired) electrons. The van der Waals surface area contributed by atoms with Gasteiger partial charge in [0.25, 0.3) is 0 Å². The summed E-state index contributed by atoms with van der Waals surface area (Å²) in [6.07, 6.45) is 1.55. The Bertz CT molecular complexity index is 770. The summed E-state index contributed by atoms with van der Waals surface area (Å²) in [7, 11) is 0. The maximum atomic E-state index is 11.9. The van der Waals surface area contributed by atoms with E-state index in [1.807, 2.05) is 30.3 Å². The van der Waals surface area contributed by atoms with Crippen molar-refractivity contribution in [2.75, 3.05) is 0 Å². The maximum absolute atomic E-state index is 11.9. The monoisotopic (exact) mass is 314 g/mol. The fourth-order valence-electron chi connectivity index (χ4n) is 1.83. The average Bonchev–Trinajstić information content (AvgIpc) is 3.05. The number of carbonyl (C=O) groups is 1. The fraction of sp³-hybridized carbons (Fsp3) is 0.0625. The Kier molecular flexibility index (Phi) is 4.16. The molecule has 110 valence electrons. The number of halogens is 1. The second-order valence-corrected chi connectivity index (χ2v) is 4.89. The van der Waals surface area contributed by atoms with Gasteiger partial charge >= 0.3 is 5.97 Å². The molecule has 5 nitrogen and oxygen atoms in total. The fourth-order valence-corrected chi connectivity index (χ4v) is 1.94. The van der Waals surface area contributed by atoms with Crippen LogP contribution in [0.2, 0.25) is 5.15 Å². The molecule has 0 aliphatic rings. The Morgan fingerprint density at radius 2 is 2.00 bits per heavy atom. The molecule has 0 saturated carbocycles. The first kappa shape index (κ1) is 14.3. The van der Waals surface area contributed by atoms with Crippen LogP contribution in [-0.2, 0) is 11.3 Å². The van der Waals surface area contributed by atoms with Gasteiger partial charge < -0.3 is 9.26 Å². The van der Waals surface area contributed by atoms with Gasteiger partial charge in [-0.1, -0.05) is 53.2 Å². The highest BCUT2D eigenvalue weighted by Gasteiger charge is 2.15. The third-order valence-electron chi connectivity index (χ3n) is 2.94. The third-order valence-corrected chi connectivity index (χ3v) is 3.16. The molecule has 2 heterocycles. The quantitative estimate of drug-likeness (QED) is 0.542. The van der Waals surface area contributed by atoms with Gasteiger partial charge in [-0.15, -0.1) is 0 Å². The van der Waals surface area contributed by atoms with Gasteiger partial charge in [-0.2, -0.15) is 0 Å². The van der Waals surface area contributed by atoms with Crippen molar-refractivity contribution in [3.63, 3.8) is 0 Å². The molecular weight excluding hydrogens is 304 g/mol. The molecule has 1 aromatic carbocycles. The number of aromatic nitrogens is 2. The lowest BCUT2D eigenvalue weighted by molar-refractivity contribution is 0.0425. The predicted octanol–water partition coefficient (Wildman–Crippen LogP) is 3.75. The average molecular weight is 315 g/mol. The van der Waals surface area contributed by atoms with Crippen molar-refractivity contribution in [1.29, 1.82) is 0 Å². The van der Waals surface area contributed by atoms with Crippen LogP contribution in [0.25, 0.3) is 11.3 Å². The molecule has 0 saturated heterocycles. The number of hydrogen-bond acceptors (Lipinski definition) is 5. The Balaban J connectivity index is 1.66. The van der Waals surface area contributed by atoms with E-state index in [0.29, 0.717) is 10.8 Å². The standard InChI is InChI=1S/C16H11ClN2O3/c17-15-7-6-11(9-18-15)10-21-16(20)14-8-13(19-22-14)12-4-2-1-3-5-12/h1-9H,10H2. The Hall–Kier alpha value is -2.66. The van der Waals surface area contributed by atoms with Gasteiger partial charge in [-0.25, -0.2) is 9.78 Å². The number of ether oxygens (including phenoxy) is 1. The highest BCUT2D eigenvalue weighted by molar-refractivity contribution is 6.29. The van der Waals surface area contributed by atoms with Crippen molar-refractivity contribution in [2.24, 2.45) is 0 Å². The summed E-state index contributed by atoms with van der Waals surface area (Å²) < 4.78 is 10.2. The summed E-state index contributed by atoms with van der Waals surface area (Å²) in [5.41, 5.74) is 2.19. The lowest BCUT2D eigenvalue weighted by Crippen LogP contribution is -2.04. The van der Waals surface area contributed by atoms with E-state index in [4.69, 9.17) is 20.9 Å². The predicted molar refractivity (Wildman–Crippen MR) is 80.3 cm³/mol. The van der Waals surface area contributed by atoms with Gasteiger partial charge in [0, 0.05) is 23.4 Å². The van der Waals surface area contributed by atoms with Gasteiger partial charge in [-0.05, 0) is 6.07 Å². The first-order valence-corrected chi connectivity index (χ1v) is 6.90. The first-order valence-electron chi connectivity index (χ1n) is 6.52. The minimum atomic E-state index is -0.579. The van der Waals surface area contributed by atoms with Crippen LogP contribution in [0.4, 0.5) is 0 Å².